The molecule has 2 aliphatic heterocycles. The van der Waals surface area contributed by atoms with E-state index in [4.69, 9.17) is 11.5 Å². The average Bonchev–Trinajstić information content (AvgIpc) is 3.25. The van der Waals surface area contributed by atoms with Gasteiger partial charge in [0.1, 0.15) is 5.82 Å². The third-order valence-corrected chi connectivity index (χ3v) is 5.28. The molecule has 4 rings (SSSR count). The Balaban J connectivity index is 1.36. The summed E-state index contributed by atoms with van der Waals surface area (Å²) in [4.78, 5) is 13.5. The Bertz CT molecular complexity index is 696. The van der Waals surface area contributed by atoms with Crippen LogP contribution in [0.5, 0.6) is 0 Å². The van der Waals surface area contributed by atoms with Crippen LogP contribution in [0.3, 0.4) is 0 Å². The largest absolute Gasteiger partial charge is 0.368 e. The summed E-state index contributed by atoms with van der Waals surface area (Å²) >= 11 is 0. The average molecular weight is 342 g/mol. The van der Waals surface area contributed by atoms with Crippen molar-refractivity contribution in [3.63, 3.8) is 0 Å². The first-order valence-corrected chi connectivity index (χ1v) is 9.11. The summed E-state index contributed by atoms with van der Waals surface area (Å²) in [5.41, 5.74) is 12.2. The molecule has 2 fully saturated rings. The monoisotopic (exact) mass is 342 g/mol. The van der Waals surface area contributed by atoms with Crippen molar-refractivity contribution in [3.05, 3.63) is 18.3 Å². The molecule has 0 atom stereocenters. The van der Waals surface area contributed by atoms with Crippen LogP contribution >= 0.6 is 0 Å². The van der Waals surface area contributed by atoms with Gasteiger partial charge in [-0.2, -0.15) is 9.67 Å². The highest BCUT2D eigenvalue weighted by Crippen LogP contribution is 2.24. The quantitative estimate of drug-likeness (QED) is 0.859. The molecule has 0 bridgehead atoms. The lowest BCUT2D eigenvalue weighted by Gasteiger charge is -2.34. The molecule has 134 valence electrons. The third kappa shape index (κ3) is 3.53. The number of piperidine rings is 1. The molecule has 0 aliphatic carbocycles. The van der Waals surface area contributed by atoms with Gasteiger partial charge in [-0.15, -0.1) is 5.10 Å². The number of aromatic nitrogens is 4. The van der Waals surface area contributed by atoms with Gasteiger partial charge in [-0.3, -0.25) is 0 Å². The number of nitrogen functional groups attached to an aromatic ring is 2. The van der Waals surface area contributed by atoms with E-state index in [1.807, 2.05) is 12.1 Å². The van der Waals surface area contributed by atoms with E-state index in [-0.39, 0.29) is 11.9 Å². The van der Waals surface area contributed by atoms with E-state index in [1.165, 1.54) is 50.0 Å². The van der Waals surface area contributed by atoms with Crippen LogP contribution < -0.4 is 16.4 Å². The van der Waals surface area contributed by atoms with E-state index in [9.17, 15) is 0 Å². The molecule has 4 heterocycles. The van der Waals surface area contributed by atoms with Gasteiger partial charge >= 0.3 is 0 Å². The van der Waals surface area contributed by atoms with E-state index in [0.717, 1.165) is 30.5 Å². The van der Waals surface area contributed by atoms with Gasteiger partial charge < -0.3 is 21.3 Å². The number of hydrogen-bond acceptors (Lipinski definition) is 7. The van der Waals surface area contributed by atoms with Crippen molar-refractivity contribution in [1.29, 1.82) is 0 Å². The Morgan fingerprint density at radius 1 is 1.04 bits per heavy atom. The Labute approximate surface area is 147 Å². The van der Waals surface area contributed by atoms with Crippen LogP contribution in [0.25, 0.3) is 5.69 Å². The molecule has 0 amide bonds. The zero-order valence-corrected chi connectivity index (χ0v) is 14.5. The summed E-state index contributed by atoms with van der Waals surface area (Å²) in [5.74, 6) is 2.28. The van der Waals surface area contributed by atoms with Gasteiger partial charge in [-0.25, -0.2) is 4.98 Å². The van der Waals surface area contributed by atoms with Crippen LogP contribution in [0.4, 0.5) is 17.7 Å². The van der Waals surface area contributed by atoms with Gasteiger partial charge in [-0.1, -0.05) is 0 Å². The fraction of sp³-hybridized carbons (Fsp3) is 0.588. The first kappa shape index (κ1) is 16.1. The zero-order chi connectivity index (χ0) is 17.2. The van der Waals surface area contributed by atoms with Crippen molar-refractivity contribution in [2.45, 2.75) is 25.7 Å². The first-order chi connectivity index (χ1) is 12.2. The van der Waals surface area contributed by atoms with Gasteiger partial charge in [0.05, 0.1) is 11.9 Å². The number of anilines is 3. The van der Waals surface area contributed by atoms with Crippen LogP contribution in [0.15, 0.2) is 18.3 Å². The molecule has 2 aromatic rings. The summed E-state index contributed by atoms with van der Waals surface area (Å²) in [6, 6.07) is 3.98. The Morgan fingerprint density at radius 3 is 2.40 bits per heavy atom. The minimum atomic E-state index is 0.168. The summed E-state index contributed by atoms with van der Waals surface area (Å²) in [6.45, 7) is 6.00. The molecular formula is C17H26N8. The van der Waals surface area contributed by atoms with Crippen molar-refractivity contribution >= 4 is 17.7 Å². The molecule has 25 heavy (non-hydrogen) atoms. The second kappa shape index (κ2) is 6.87. The summed E-state index contributed by atoms with van der Waals surface area (Å²) in [6.07, 6.45) is 7.00. The van der Waals surface area contributed by atoms with Crippen LogP contribution in [-0.2, 0) is 0 Å². The highest BCUT2D eigenvalue weighted by Gasteiger charge is 2.23. The molecule has 0 radical (unpaired) electrons. The number of likely N-dealkylation sites (tertiary alicyclic amines) is 1. The number of nitrogens with two attached hydrogens (primary N) is 2. The SMILES string of the molecule is Nc1nc(N)n(-c2ccc(N3CCC(CN4CCCC4)CC3)nc2)n1. The summed E-state index contributed by atoms with van der Waals surface area (Å²) in [7, 11) is 0. The molecule has 0 spiro atoms. The van der Waals surface area contributed by atoms with E-state index in [0.29, 0.717) is 0 Å². The van der Waals surface area contributed by atoms with Crippen LogP contribution in [0.2, 0.25) is 0 Å². The Hall–Kier alpha value is -2.35. The highest BCUT2D eigenvalue weighted by atomic mass is 15.4. The molecule has 0 saturated carbocycles. The molecule has 2 saturated heterocycles. The number of pyridine rings is 1. The maximum atomic E-state index is 5.80. The predicted molar refractivity (Wildman–Crippen MR) is 98.6 cm³/mol. The smallest absolute Gasteiger partial charge is 0.241 e. The number of hydrogen-bond donors (Lipinski definition) is 2. The molecule has 8 heteroatoms. The molecule has 8 nitrogen and oxygen atoms in total. The van der Waals surface area contributed by atoms with Gasteiger partial charge in [0, 0.05) is 19.6 Å². The maximum absolute atomic E-state index is 5.80. The fourth-order valence-electron chi connectivity index (χ4n) is 3.90. The van der Waals surface area contributed by atoms with Crippen molar-refractivity contribution in [2.24, 2.45) is 5.92 Å². The standard InChI is InChI=1S/C17H26N8/c18-16-21-17(19)25(22-16)14-3-4-15(20-11-14)24-9-5-13(6-10-24)12-23-7-1-2-8-23/h3-4,11,13H,1-2,5-10,12H2,(H4,18,19,21,22). The molecule has 2 aliphatic rings. The van der Waals surface area contributed by atoms with E-state index in [1.54, 1.807) is 6.20 Å². The lowest BCUT2D eigenvalue weighted by molar-refractivity contribution is 0.249. The van der Waals surface area contributed by atoms with E-state index >= 15 is 0 Å². The van der Waals surface area contributed by atoms with Crippen molar-refractivity contribution in [3.8, 4) is 5.69 Å². The topological polar surface area (TPSA) is 102 Å². The highest BCUT2D eigenvalue weighted by molar-refractivity contribution is 5.46. The maximum Gasteiger partial charge on any atom is 0.241 e. The van der Waals surface area contributed by atoms with E-state index in [2.05, 4.69) is 24.9 Å². The number of nitrogens with zero attached hydrogens (tertiary/aromatic N) is 6. The summed E-state index contributed by atoms with van der Waals surface area (Å²) < 4.78 is 1.51. The van der Waals surface area contributed by atoms with Gasteiger partial charge in [0.15, 0.2) is 0 Å². The summed E-state index contributed by atoms with van der Waals surface area (Å²) in [5, 5.41) is 4.08. The van der Waals surface area contributed by atoms with Crippen molar-refractivity contribution < 1.29 is 0 Å². The predicted octanol–water partition coefficient (Wildman–Crippen LogP) is 1.14. The van der Waals surface area contributed by atoms with E-state index < -0.39 is 0 Å². The molecule has 0 unspecified atom stereocenters. The van der Waals surface area contributed by atoms with Crippen molar-refractivity contribution in [1.82, 2.24) is 24.6 Å². The minimum Gasteiger partial charge on any atom is -0.368 e. The van der Waals surface area contributed by atoms with Crippen LogP contribution in [0.1, 0.15) is 25.7 Å². The van der Waals surface area contributed by atoms with Gasteiger partial charge in [-0.05, 0) is 56.8 Å². The molecule has 2 aromatic heterocycles. The Morgan fingerprint density at radius 2 is 1.80 bits per heavy atom. The van der Waals surface area contributed by atoms with Gasteiger partial charge in [0.25, 0.3) is 0 Å². The molecule has 0 aromatic carbocycles. The Kier molecular flexibility index (Phi) is 4.44. The van der Waals surface area contributed by atoms with Crippen molar-refractivity contribution in [2.75, 3.05) is 49.1 Å². The second-order valence-corrected chi connectivity index (χ2v) is 7.05. The van der Waals surface area contributed by atoms with Crippen LogP contribution in [0, 0.1) is 5.92 Å². The third-order valence-electron chi connectivity index (χ3n) is 5.28. The first-order valence-electron chi connectivity index (χ1n) is 9.11. The number of rotatable bonds is 4. The van der Waals surface area contributed by atoms with Crippen LogP contribution in [-0.4, -0.2) is 57.4 Å². The zero-order valence-electron chi connectivity index (χ0n) is 14.5. The fourth-order valence-corrected chi connectivity index (χ4v) is 3.90. The minimum absolute atomic E-state index is 0.168. The van der Waals surface area contributed by atoms with Gasteiger partial charge in [0.2, 0.25) is 11.9 Å². The second-order valence-electron chi connectivity index (χ2n) is 7.05. The lowest BCUT2D eigenvalue weighted by atomic mass is 9.96. The molecule has 4 N–H and O–H groups in total. The normalized spacial score (nSPS) is 19.6. The lowest BCUT2D eigenvalue weighted by Crippen LogP contribution is -2.38. The molecular weight excluding hydrogens is 316 g/mol.